The first-order chi connectivity index (χ1) is 10.8. The fourth-order valence-corrected chi connectivity index (χ4v) is 2.31. The van der Waals surface area contributed by atoms with E-state index in [2.05, 4.69) is 11.4 Å². The zero-order valence-corrected chi connectivity index (χ0v) is 14.0. The molecule has 2 rings (SSSR count). The molecular weight excluding hydrogens is 292 g/mol. The van der Waals surface area contributed by atoms with Crippen molar-refractivity contribution >= 4 is 11.8 Å². The van der Waals surface area contributed by atoms with Crippen LogP contribution in [0.15, 0.2) is 16.5 Å². The molecule has 5 nitrogen and oxygen atoms in total. The van der Waals surface area contributed by atoms with Crippen molar-refractivity contribution in [2.75, 3.05) is 11.9 Å². The Hall–Kier alpha value is -2.74. The first-order valence-electron chi connectivity index (χ1n) is 7.34. The summed E-state index contributed by atoms with van der Waals surface area (Å²) >= 11 is 0. The van der Waals surface area contributed by atoms with E-state index in [1.807, 2.05) is 32.9 Å². The third-order valence-corrected chi connectivity index (χ3v) is 3.87. The summed E-state index contributed by atoms with van der Waals surface area (Å²) in [5.74, 6) is 1.11. The molecule has 0 bridgehead atoms. The number of nitrogens with one attached hydrogen (secondary N) is 1. The van der Waals surface area contributed by atoms with Gasteiger partial charge in [0.25, 0.3) is 5.91 Å². The van der Waals surface area contributed by atoms with Gasteiger partial charge in [-0.05, 0) is 57.4 Å². The number of rotatable bonds is 4. The van der Waals surface area contributed by atoms with Crippen molar-refractivity contribution in [3.05, 3.63) is 45.7 Å². The lowest BCUT2D eigenvalue weighted by atomic mass is 10.1. The lowest BCUT2D eigenvalue weighted by molar-refractivity contribution is -0.118. The highest BCUT2D eigenvalue weighted by molar-refractivity contribution is 5.92. The van der Waals surface area contributed by atoms with Crippen LogP contribution in [0.2, 0.25) is 0 Å². The van der Waals surface area contributed by atoms with Crippen LogP contribution in [-0.2, 0) is 4.79 Å². The molecule has 0 radical (unpaired) electrons. The van der Waals surface area contributed by atoms with Crippen LogP contribution in [0.1, 0.15) is 33.6 Å². The number of carbonyl (C=O) groups excluding carboxylic acids is 1. The molecule has 0 aliphatic heterocycles. The highest BCUT2D eigenvalue weighted by atomic mass is 16.5. The van der Waals surface area contributed by atoms with Crippen molar-refractivity contribution in [3.8, 4) is 11.8 Å². The highest BCUT2D eigenvalue weighted by Gasteiger charge is 2.17. The Morgan fingerprint density at radius 1 is 1.22 bits per heavy atom. The van der Waals surface area contributed by atoms with Crippen LogP contribution >= 0.6 is 0 Å². The number of nitriles is 1. The molecule has 1 aromatic carbocycles. The fraction of sp³-hybridized carbons (Fsp3) is 0.333. The van der Waals surface area contributed by atoms with Gasteiger partial charge in [-0.2, -0.15) is 5.26 Å². The quantitative estimate of drug-likeness (QED) is 0.933. The molecule has 0 saturated carbocycles. The number of furan rings is 1. The molecule has 1 amide bonds. The van der Waals surface area contributed by atoms with Gasteiger partial charge >= 0.3 is 0 Å². The molecule has 0 aliphatic carbocycles. The molecule has 5 heteroatoms. The summed E-state index contributed by atoms with van der Waals surface area (Å²) in [6.07, 6.45) is 0. The van der Waals surface area contributed by atoms with Gasteiger partial charge in [0.1, 0.15) is 23.1 Å². The van der Waals surface area contributed by atoms with Crippen molar-refractivity contribution < 1.29 is 13.9 Å². The maximum atomic E-state index is 12.1. The van der Waals surface area contributed by atoms with E-state index in [4.69, 9.17) is 14.4 Å². The van der Waals surface area contributed by atoms with Gasteiger partial charge in [0.05, 0.1) is 0 Å². The second-order valence-electron chi connectivity index (χ2n) is 5.64. The minimum atomic E-state index is -0.367. The van der Waals surface area contributed by atoms with E-state index in [0.29, 0.717) is 17.1 Å². The Morgan fingerprint density at radius 3 is 2.57 bits per heavy atom. The molecular formula is C18H20N2O3. The molecule has 1 heterocycles. The van der Waals surface area contributed by atoms with E-state index in [0.717, 1.165) is 22.3 Å². The number of anilines is 1. The van der Waals surface area contributed by atoms with Crippen molar-refractivity contribution in [2.24, 2.45) is 0 Å². The summed E-state index contributed by atoms with van der Waals surface area (Å²) in [5, 5.41) is 11.7. The van der Waals surface area contributed by atoms with Gasteiger partial charge in [-0.25, -0.2) is 0 Å². The Bertz CT molecular complexity index is 798. The minimum Gasteiger partial charge on any atom is -0.483 e. The van der Waals surface area contributed by atoms with Gasteiger partial charge in [0, 0.05) is 5.56 Å². The predicted molar refractivity (Wildman–Crippen MR) is 87.7 cm³/mol. The molecule has 0 aliphatic rings. The van der Waals surface area contributed by atoms with Gasteiger partial charge in [-0.1, -0.05) is 6.07 Å². The molecule has 1 N–H and O–H groups in total. The number of amides is 1. The summed E-state index contributed by atoms with van der Waals surface area (Å²) in [4.78, 5) is 12.1. The van der Waals surface area contributed by atoms with Crippen molar-refractivity contribution in [1.82, 2.24) is 0 Å². The summed E-state index contributed by atoms with van der Waals surface area (Å²) in [6, 6.07) is 6.00. The van der Waals surface area contributed by atoms with Crippen molar-refractivity contribution in [2.45, 2.75) is 34.6 Å². The van der Waals surface area contributed by atoms with E-state index >= 15 is 0 Å². The second-order valence-corrected chi connectivity index (χ2v) is 5.64. The van der Waals surface area contributed by atoms with Gasteiger partial charge in [0.2, 0.25) is 5.88 Å². The Kier molecular flexibility index (Phi) is 4.75. The second kappa shape index (κ2) is 6.57. The van der Waals surface area contributed by atoms with E-state index in [-0.39, 0.29) is 18.4 Å². The number of aryl methyl sites for hydroxylation is 3. The molecule has 23 heavy (non-hydrogen) atoms. The monoisotopic (exact) mass is 312 g/mol. The van der Waals surface area contributed by atoms with Crippen LogP contribution < -0.4 is 10.1 Å². The van der Waals surface area contributed by atoms with E-state index in [1.54, 1.807) is 13.8 Å². The number of hydrogen-bond donors (Lipinski definition) is 1. The van der Waals surface area contributed by atoms with Gasteiger partial charge in [-0.15, -0.1) is 0 Å². The Balaban J connectivity index is 2.07. The molecule has 0 spiro atoms. The molecule has 1 aromatic heterocycles. The minimum absolute atomic E-state index is 0.145. The van der Waals surface area contributed by atoms with Crippen LogP contribution in [-0.4, -0.2) is 12.5 Å². The number of benzene rings is 1. The topological polar surface area (TPSA) is 75.3 Å². The number of nitrogens with zero attached hydrogens (tertiary/aromatic N) is 1. The molecule has 0 fully saturated rings. The van der Waals surface area contributed by atoms with Gasteiger partial charge < -0.3 is 9.15 Å². The van der Waals surface area contributed by atoms with Crippen LogP contribution in [0.5, 0.6) is 5.75 Å². The molecule has 0 saturated heterocycles. The summed E-state index contributed by atoms with van der Waals surface area (Å²) in [6.45, 7) is 9.32. The van der Waals surface area contributed by atoms with E-state index in [9.17, 15) is 4.79 Å². The van der Waals surface area contributed by atoms with Crippen LogP contribution in [0.25, 0.3) is 0 Å². The summed E-state index contributed by atoms with van der Waals surface area (Å²) in [5.41, 5.74) is 4.27. The Morgan fingerprint density at radius 2 is 1.91 bits per heavy atom. The van der Waals surface area contributed by atoms with Crippen molar-refractivity contribution in [3.63, 3.8) is 0 Å². The largest absolute Gasteiger partial charge is 0.483 e. The fourth-order valence-electron chi connectivity index (χ4n) is 2.31. The van der Waals surface area contributed by atoms with Crippen LogP contribution in [0.4, 0.5) is 5.88 Å². The SMILES string of the molecule is Cc1cc(C)c(C)c(OCC(=O)Nc2oc(C)c(C)c2C#N)c1. The highest BCUT2D eigenvalue weighted by Crippen LogP contribution is 2.26. The number of carbonyl (C=O) groups is 1. The number of ether oxygens (including phenoxy) is 1. The zero-order chi connectivity index (χ0) is 17.1. The average Bonchev–Trinajstić information content (AvgIpc) is 2.75. The lowest BCUT2D eigenvalue weighted by Crippen LogP contribution is -2.20. The maximum Gasteiger partial charge on any atom is 0.264 e. The first kappa shape index (κ1) is 16.6. The third kappa shape index (κ3) is 3.54. The molecule has 0 unspecified atom stereocenters. The smallest absolute Gasteiger partial charge is 0.264 e. The summed E-state index contributed by atoms with van der Waals surface area (Å²) < 4.78 is 11.0. The standard InChI is InChI=1S/C18H20N2O3/c1-10-6-11(2)12(3)16(7-10)22-9-17(21)20-18-15(8-19)13(4)14(5)23-18/h6-7H,9H2,1-5H3,(H,20,21). The van der Waals surface area contributed by atoms with Crippen molar-refractivity contribution in [1.29, 1.82) is 5.26 Å². The lowest BCUT2D eigenvalue weighted by Gasteiger charge is -2.12. The van der Waals surface area contributed by atoms with Crippen LogP contribution in [0, 0.1) is 45.9 Å². The summed E-state index contributed by atoms with van der Waals surface area (Å²) in [7, 11) is 0. The molecule has 120 valence electrons. The normalized spacial score (nSPS) is 10.3. The molecule has 0 atom stereocenters. The maximum absolute atomic E-state index is 12.1. The Labute approximate surface area is 135 Å². The van der Waals surface area contributed by atoms with Gasteiger partial charge in [-0.3, -0.25) is 10.1 Å². The average molecular weight is 312 g/mol. The third-order valence-electron chi connectivity index (χ3n) is 3.87. The van der Waals surface area contributed by atoms with Crippen LogP contribution in [0.3, 0.4) is 0 Å². The van der Waals surface area contributed by atoms with E-state index in [1.165, 1.54) is 0 Å². The zero-order valence-electron chi connectivity index (χ0n) is 14.0. The molecule has 2 aromatic rings. The predicted octanol–water partition coefficient (Wildman–Crippen LogP) is 3.71. The number of hydrogen-bond acceptors (Lipinski definition) is 4. The first-order valence-corrected chi connectivity index (χ1v) is 7.34. The van der Waals surface area contributed by atoms with Gasteiger partial charge in [0.15, 0.2) is 6.61 Å². The van der Waals surface area contributed by atoms with E-state index < -0.39 is 0 Å².